The van der Waals surface area contributed by atoms with Crippen molar-refractivity contribution in [3.05, 3.63) is 18.1 Å². The summed E-state index contributed by atoms with van der Waals surface area (Å²) >= 11 is 0. The van der Waals surface area contributed by atoms with Crippen LogP contribution in [0.5, 0.6) is 0 Å². The van der Waals surface area contributed by atoms with Crippen molar-refractivity contribution in [3.63, 3.8) is 0 Å². The third kappa shape index (κ3) is 6.66. The lowest BCUT2D eigenvalue weighted by atomic mass is 10.3. The van der Waals surface area contributed by atoms with Crippen LogP contribution in [0.4, 0.5) is 5.82 Å². The van der Waals surface area contributed by atoms with E-state index in [1.165, 1.54) is 6.20 Å². The van der Waals surface area contributed by atoms with Crippen molar-refractivity contribution in [2.75, 3.05) is 38.7 Å². The second-order valence-electron chi connectivity index (χ2n) is 4.17. The Hall–Kier alpha value is -2.22. The molecule has 1 rings (SSSR count). The minimum absolute atomic E-state index is 0.139. The molecule has 3 N–H and O–H groups in total. The summed E-state index contributed by atoms with van der Waals surface area (Å²) < 4.78 is 4.82. The summed E-state index contributed by atoms with van der Waals surface area (Å²) in [6, 6.07) is 0. The average molecular weight is 295 g/mol. The molecule has 1 aromatic rings. The Morgan fingerprint density at radius 1 is 1.24 bits per heavy atom. The predicted molar refractivity (Wildman–Crippen MR) is 78.0 cm³/mol. The van der Waals surface area contributed by atoms with Gasteiger partial charge in [-0.15, -0.1) is 0 Å². The Kier molecular flexibility index (Phi) is 7.73. The molecule has 21 heavy (non-hydrogen) atoms. The lowest BCUT2D eigenvalue weighted by Gasteiger charge is -2.07. The van der Waals surface area contributed by atoms with Crippen molar-refractivity contribution in [2.45, 2.75) is 13.3 Å². The molecule has 0 unspecified atom stereocenters. The highest BCUT2D eigenvalue weighted by Crippen LogP contribution is 2.01. The van der Waals surface area contributed by atoms with Gasteiger partial charge in [0, 0.05) is 33.2 Å². The molecule has 0 saturated heterocycles. The Morgan fingerprint density at radius 2 is 2.05 bits per heavy atom. The number of rotatable bonds is 9. The van der Waals surface area contributed by atoms with Crippen LogP contribution in [0.1, 0.15) is 23.8 Å². The number of nitrogens with zero attached hydrogens (tertiary/aromatic N) is 2. The summed E-state index contributed by atoms with van der Waals surface area (Å²) in [7, 11) is 1.56. The van der Waals surface area contributed by atoms with Crippen LogP contribution in [0.25, 0.3) is 0 Å². The van der Waals surface area contributed by atoms with Crippen LogP contribution in [0, 0.1) is 0 Å². The lowest BCUT2D eigenvalue weighted by Crippen LogP contribution is -2.32. The molecule has 2 amide bonds. The summed E-state index contributed by atoms with van der Waals surface area (Å²) in [5.41, 5.74) is 0.216. The maximum absolute atomic E-state index is 11.8. The van der Waals surface area contributed by atoms with E-state index in [1.54, 1.807) is 13.3 Å². The van der Waals surface area contributed by atoms with E-state index in [1.807, 2.05) is 6.92 Å². The number of hydrogen-bond donors (Lipinski definition) is 3. The maximum atomic E-state index is 11.8. The zero-order valence-corrected chi connectivity index (χ0v) is 12.3. The van der Waals surface area contributed by atoms with Crippen molar-refractivity contribution in [1.29, 1.82) is 0 Å². The van der Waals surface area contributed by atoms with E-state index in [-0.39, 0.29) is 30.5 Å². The zero-order valence-electron chi connectivity index (χ0n) is 12.3. The van der Waals surface area contributed by atoms with Crippen LogP contribution in [-0.2, 0) is 9.53 Å². The molecule has 0 aromatic carbocycles. The number of ether oxygens (including phenoxy) is 1. The first-order chi connectivity index (χ1) is 10.2. The molecule has 0 saturated carbocycles. The molecule has 1 heterocycles. The molecular weight excluding hydrogens is 274 g/mol. The normalized spacial score (nSPS) is 10.0. The molecule has 116 valence electrons. The number of anilines is 1. The number of amides is 2. The molecule has 0 bridgehead atoms. The van der Waals surface area contributed by atoms with Crippen LogP contribution in [0.3, 0.4) is 0 Å². The largest absolute Gasteiger partial charge is 0.383 e. The molecule has 0 radical (unpaired) electrons. The number of carbonyl (C=O) groups is 2. The first-order valence-corrected chi connectivity index (χ1v) is 6.77. The molecule has 0 aliphatic rings. The van der Waals surface area contributed by atoms with Crippen LogP contribution in [0.15, 0.2) is 12.4 Å². The molecule has 0 spiro atoms. The van der Waals surface area contributed by atoms with Crippen molar-refractivity contribution >= 4 is 17.6 Å². The first-order valence-electron chi connectivity index (χ1n) is 6.77. The van der Waals surface area contributed by atoms with Crippen molar-refractivity contribution in [1.82, 2.24) is 20.6 Å². The fraction of sp³-hybridized carbons (Fsp3) is 0.538. The third-order valence-corrected chi connectivity index (χ3v) is 2.49. The van der Waals surface area contributed by atoms with Crippen LogP contribution >= 0.6 is 0 Å². The lowest BCUT2D eigenvalue weighted by molar-refractivity contribution is -0.121. The standard InChI is InChI=1S/C13H21N5O3/c1-3-15-11-9-14-8-10(18-11)13(20)17-5-4-12(19)16-6-7-21-2/h8-9H,3-7H2,1-2H3,(H,15,18)(H,16,19)(H,17,20). The fourth-order valence-corrected chi connectivity index (χ4v) is 1.50. The highest BCUT2D eigenvalue weighted by atomic mass is 16.5. The van der Waals surface area contributed by atoms with E-state index in [0.29, 0.717) is 25.5 Å². The van der Waals surface area contributed by atoms with Gasteiger partial charge in [0.05, 0.1) is 19.0 Å². The van der Waals surface area contributed by atoms with Gasteiger partial charge in [-0.05, 0) is 6.92 Å². The number of aromatic nitrogens is 2. The minimum Gasteiger partial charge on any atom is -0.383 e. The number of hydrogen-bond acceptors (Lipinski definition) is 6. The Labute approximate surface area is 123 Å². The Morgan fingerprint density at radius 3 is 2.76 bits per heavy atom. The molecule has 0 aliphatic heterocycles. The molecule has 8 heteroatoms. The number of nitrogens with one attached hydrogen (secondary N) is 3. The quantitative estimate of drug-likeness (QED) is 0.544. The molecule has 0 aliphatic carbocycles. The van der Waals surface area contributed by atoms with Gasteiger partial charge in [0.2, 0.25) is 5.91 Å². The van der Waals surface area contributed by atoms with Gasteiger partial charge in [0.25, 0.3) is 5.91 Å². The SMILES string of the molecule is CCNc1cncc(C(=O)NCCC(=O)NCCOC)n1. The van der Waals surface area contributed by atoms with Gasteiger partial charge in [-0.2, -0.15) is 0 Å². The molecule has 0 fully saturated rings. The van der Waals surface area contributed by atoms with Gasteiger partial charge in [-0.25, -0.2) is 4.98 Å². The van der Waals surface area contributed by atoms with Gasteiger partial charge < -0.3 is 20.7 Å². The van der Waals surface area contributed by atoms with Crippen molar-refractivity contribution in [2.24, 2.45) is 0 Å². The second kappa shape index (κ2) is 9.65. The average Bonchev–Trinajstić information content (AvgIpc) is 2.48. The third-order valence-electron chi connectivity index (χ3n) is 2.49. The predicted octanol–water partition coefficient (Wildman–Crippen LogP) is -0.209. The highest BCUT2D eigenvalue weighted by Gasteiger charge is 2.09. The Bertz CT molecular complexity index is 467. The molecule has 1 aromatic heterocycles. The molecular formula is C13H21N5O3. The van der Waals surface area contributed by atoms with E-state index >= 15 is 0 Å². The zero-order chi connectivity index (χ0) is 15.5. The number of methoxy groups -OCH3 is 1. The Balaban J connectivity index is 2.33. The minimum atomic E-state index is -0.355. The number of carbonyl (C=O) groups excluding carboxylic acids is 2. The fourth-order valence-electron chi connectivity index (χ4n) is 1.50. The monoisotopic (exact) mass is 295 g/mol. The highest BCUT2D eigenvalue weighted by molar-refractivity contribution is 5.92. The van der Waals surface area contributed by atoms with E-state index < -0.39 is 0 Å². The van der Waals surface area contributed by atoms with Crippen LogP contribution < -0.4 is 16.0 Å². The topological polar surface area (TPSA) is 105 Å². The van der Waals surface area contributed by atoms with E-state index in [9.17, 15) is 9.59 Å². The van der Waals surface area contributed by atoms with E-state index in [2.05, 4.69) is 25.9 Å². The van der Waals surface area contributed by atoms with E-state index in [4.69, 9.17) is 4.74 Å². The van der Waals surface area contributed by atoms with Gasteiger partial charge >= 0.3 is 0 Å². The van der Waals surface area contributed by atoms with Gasteiger partial charge in [0.1, 0.15) is 11.5 Å². The summed E-state index contributed by atoms with van der Waals surface area (Å²) in [5.74, 6) is 0.0502. The summed E-state index contributed by atoms with van der Waals surface area (Å²) in [6.45, 7) is 3.78. The van der Waals surface area contributed by atoms with Crippen molar-refractivity contribution in [3.8, 4) is 0 Å². The maximum Gasteiger partial charge on any atom is 0.271 e. The summed E-state index contributed by atoms with van der Waals surface area (Å²) in [4.78, 5) is 31.3. The first kappa shape index (κ1) is 16.8. The second-order valence-corrected chi connectivity index (χ2v) is 4.17. The van der Waals surface area contributed by atoms with Crippen molar-refractivity contribution < 1.29 is 14.3 Å². The van der Waals surface area contributed by atoms with Crippen LogP contribution in [0.2, 0.25) is 0 Å². The van der Waals surface area contributed by atoms with Crippen LogP contribution in [-0.4, -0.2) is 55.1 Å². The van der Waals surface area contributed by atoms with Gasteiger partial charge in [-0.3, -0.25) is 14.6 Å². The summed E-state index contributed by atoms with van der Waals surface area (Å²) in [6.07, 6.45) is 3.13. The van der Waals surface area contributed by atoms with E-state index in [0.717, 1.165) is 0 Å². The summed E-state index contributed by atoms with van der Waals surface area (Å²) in [5, 5.41) is 8.27. The van der Waals surface area contributed by atoms with Gasteiger partial charge in [-0.1, -0.05) is 0 Å². The molecule has 8 nitrogen and oxygen atoms in total. The van der Waals surface area contributed by atoms with Gasteiger partial charge in [0.15, 0.2) is 0 Å². The smallest absolute Gasteiger partial charge is 0.271 e. The molecule has 0 atom stereocenters.